The summed E-state index contributed by atoms with van der Waals surface area (Å²) in [7, 11) is 0. The van der Waals surface area contributed by atoms with Crippen LogP contribution in [0.25, 0.3) is 93.5 Å². The van der Waals surface area contributed by atoms with E-state index in [1.54, 1.807) is 17.2 Å². The summed E-state index contributed by atoms with van der Waals surface area (Å²) in [6, 6.07) is 53.6. The maximum Gasteiger partial charge on any atom is 0.121 e. The van der Waals surface area contributed by atoms with Crippen LogP contribution in [0.2, 0.25) is 0 Å². The van der Waals surface area contributed by atoms with Gasteiger partial charge in [0.25, 0.3) is 0 Å². The van der Waals surface area contributed by atoms with E-state index >= 15 is 0 Å². The molecule has 0 amide bonds. The first-order chi connectivity index (χ1) is 25.3. The zero-order valence-electron chi connectivity index (χ0n) is 27.5. The Kier molecular flexibility index (Phi) is 6.74. The highest BCUT2D eigenvalue weighted by Gasteiger charge is 2.20. The Morgan fingerprint density at radius 2 is 0.882 bits per heavy atom. The van der Waals surface area contributed by atoms with E-state index in [0.717, 1.165) is 55.3 Å². The van der Waals surface area contributed by atoms with Crippen LogP contribution in [0.5, 0.6) is 0 Å². The van der Waals surface area contributed by atoms with Gasteiger partial charge < -0.3 is 0 Å². The highest BCUT2D eigenvalue weighted by atomic mass is 15.5. The summed E-state index contributed by atoms with van der Waals surface area (Å²) in [4.78, 5) is 10.6. The molecule has 238 valence electrons. The van der Waals surface area contributed by atoms with Crippen LogP contribution < -0.4 is 0 Å². The van der Waals surface area contributed by atoms with E-state index in [-0.39, 0.29) is 0 Å². The lowest BCUT2D eigenvalue weighted by molar-refractivity contribution is 0.766. The normalized spacial score (nSPS) is 11.5. The van der Waals surface area contributed by atoms with Gasteiger partial charge in [-0.05, 0) is 96.7 Å². The molecule has 0 spiro atoms. The molecule has 0 unspecified atom stereocenters. The lowest BCUT2D eigenvalue weighted by atomic mass is 9.84. The highest BCUT2D eigenvalue weighted by Crippen LogP contribution is 2.46. The molecule has 0 bridgehead atoms. The third kappa shape index (κ3) is 4.86. The van der Waals surface area contributed by atoms with Gasteiger partial charge in [0, 0.05) is 41.3 Å². The van der Waals surface area contributed by atoms with Crippen LogP contribution in [0.1, 0.15) is 0 Å². The van der Waals surface area contributed by atoms with Crippen molar-refractivity contribution in [1.82, 2.24) is 25.0 Å². The predicted molar refractivity (Wildman–Crippen MR) is 209 cm³/mol. The maximum atomic E-state index is 5.19. The van der Waals surface area contributed by atoms with Gasteiger partial charge in [-0.25, -0.2) is 0 Å². The summed E-state index contributed by atoms with van der Waals surface area (Å²) in [6.45, 7) is 0. The Hall–Kier alpha value is -6.98. The van der Waals surface area contributed by atoms with Crippen molar-refractivity contribution in [2.45, 2.75) is 0 Å². The molecule has 3 heterocycles. The number of aromatic nitrogens is 5. The van der Waals surface area contributed by atoms with Crippen molar-refractivity contribution >= 4 is 43.4 Å². The summed E-state index contributed by atoms with van der Waals surface area (Å²) in [6.07, 6.45) is 7.36. The van der Waals surface area contributed by atoms with Crippen molar-refractivity contribution in [2.24, 2.45) is 0 Å². The Bertz CT molecular complexity index is 2780. The van der Waals surface area contributed by atoms with Gasteiger partial charge in [0.1, 0.15) is 11.0 Å². The average molecular weight is 652 g/mol. The Labute approximate surface area is 294 Å². The Morgan fingerprint density at radius 3 is 1.45 bits per heavy atom. The Balaban J connectivity index is 1.24. The molecule has 51 heavy (non-hydrogen) atoms. The minimum atomic E-state index is 0.832. The molecule has 0 atom stereocenters. The monoisotopic (exact) mass is 651 g/mol. The number of hydrogen-bond donors (Lipinski definition) is 0. The standard InChI is InChI=1S/C46H29N5/c1-2-12-30(13-3-1)44-37-17-5-7-19-39(37)45(40-20-8-6-18-38(40)44)42-27-43-46(41-21-9-4-16-36(41)42)50-51(49-43)35-25-33(31-14-10-22-47-28-31)24-34(26-35)32-15-11-23-48-29-32/h1-29H. The van der Waals surface area contributed by atoms with Crippen molar-refractivity contribution in [3.8, 4) is 50.2 Å². The minimum absolute atomic E-state index is 0.832. The van der Waals surface area contributed by atoms with Gasteiger partial charge in [-0.1, -0.05) is 115 Å². The molecule has 10 rings (SSSR count). The summed E-state index contributed by atoms with van der Waals surface area (Å²) in [5.74, 6) is 0. The number of rotatable bonds is 5. The van der Waals surface area contributed by atoms with Gasteiger partial charge in [0.2, 0.25) is 0 Å². The maximum absolute atomic E-state index is 5.19. The molecule has 0 saturated heterocycles. The molecule has 0 N–H and O–H groups in total. The molecule has 5 nitrogen and oxygen atoms in total. The fraction of sp³-hybridized carbons (Fsp3) is 0. The number of hydrogen-bond acceptors (Lipinski definition) is 4. The topological polar surface area (TPSA) is 56.5 Å². The molecule has 0 aliphatic carbocycles. The van der Waals surface area contributed by atoms with Crippen molar-refractivity contribution in [2.75, 3.05) is 0 Å². The fourth-order valence-electron chi connectivity index (χ4n) is 7.53. The van der Waals surface area contributed by atoms with E-state index in [1.807, 2.05) is 24.5 Å². The van der Waals surface area contributed by atoms with Crippen molar-refractivity contribution in [1.29, 1.82) is 0 Å². The number of benzene rings is 7. The van der Waals surface area contributed by atoms with Gasteiger partial charge in [0.05, 0.1) is 5.69 Å². The second-order valence-corrected chi connectivity index (χ2v) is 12.8. The van der Waals surface area contributed by atoms with Crippen LogP contribution in [-0.2, 0) is 0 Å². The first kappa shape index (κ1) is 29.0. The number of fused-ring (bicyclic) bond motifs is 5. The first-order valence-corrected chi connectivity index (χ1v) is 17.0. The summed E-state index contributed by atoms with van der Waals surface area (Å²) < 4.78 is 0. The molecule has 0 aliphatic heterocycles. The van der Waals surface area contributed by atoms with E-state index in [2.05, 4.69) is 149 Å². The van der Waals surface area contributed by atoms with E-state index < -0.39 is 0 Å². The largest absolute Gasteiger partial charge is 0.264 e. The fourth-order valence-corrected chi connectivity index (χ4v) is 7.53. The molecular formula is C46H29N5. The lowest BCUT2D eigenvalue weighted by Crippen LogP contribution is -2.00. The molecule has 3 aromatic heterocycles. The zero-order chi connectivity index (χ0) is 33.7. The number of nitrogens with zero attached hydrogens (tertiary/aromatic N) is 5. The van der Waals surface area contributed by atoms with Crippen molar-refractivity contribution < 1.29 is 0 Å². The van der Waals surface area contributed by atoms with Crippen LogP contribution in [0.4, 0.5) is 0 Å². The van der Waals surface area contributed by atoms with Crippen LogP contribution in [-0.4, -0.2) is 25.0 Å². The van der Waals surface area contributed by atoms with E-state index in [1.165, 1.54) is 38.2 Å². The number of pyridine rings is 2. The average Bonchev–Trinajstić information content (AvgIpc) is 3.65. The van der Waals surface area contributed by atoms with Gasteiger partial charge in [-0.2, -0.15) is 4.80 Å². The predicted octanol–water partition coefficient (Wildman–Crippen LogP) is 11.3. The SMILES string of the molecule is c1ccc(-c2c3ccccc3c(-c3cc4nn(-c5cc(-c6cccnc6)cc(-c6cccnc6)c5)nc4c4ccccc34)c3ccccc23)cc1. The highest BCUT2D eigenvalue weighted by molar-refractivity contribution is 6.25. The molecule has 0 saturated carbocycles. The van der Waals surface area contributed by atoms with Gasteiger partial charge >= 0.3 is 0 Å². The second-order valence-electron chi connectivity index (χ2n) is 12.8. The van der Waals surface area contributed by atoms with Gasteiger partial charge in [0.15, 0.2) is 0 Å². The summed E-state index contributed by atoms with van der Waals surface area (Å²) >= 11 is 0. The van der Waals surface area contributed by atoms with Crippen LogP contribution in [0.3, 0.4) is 0 Å². The first-order valence-electron chi connectivity index (χ1n) is 17.0. The molecule has 0 aliphatic rings. The molecule has 7 aromatic carbocycles. The van der Waals surface area contributed by atoms with Crippen LogP contribution in [0.15, 0.2) is 176 Å². The zero-order valence-corrected chi connectivity index (χ0v) is 27.5. The summed E-state index contributed by atoms with van der Waals surface area (Å²) in [5.41, 5.74) is 11.4. The molecule has 0 radical (unpaired) electrons. The Morgan fingerprint density at radius 1 is 0.373 bits per heavy atom. The molecule has 5 heteroatoms. The molecule has 10 aromatic rings. The quantitative estimate of drug-likeness (QED) is 0.174. The van der Waals surface area contributed by atoms with E-state index in [4.69, 9.17) is 10.2 Å². The lowest BCUT2D eigenvalue weighted by Gasteiger charge is -2.18. The smallest absolute Gasteiger partial charge is 0.121 e. The van der Waals surface area contributed by atoms with E-state index in [0.29, 0.717) is 0 Å². The van der Waals surface area contributed by atoms with Crippen LogP contribution >= 0.6 is 0 Å². The van der Waals surface area contributed by atoms with Crippen molar-refractivity contribution in [3.63, 3.8) is 0 Å². The molecular weight excluding hydrogens is 623 g/mol. The second kappa shape index (κ2) is 11.9. The van der Waals surface area contributed by atoms with E-state index in [9.17, 15) is 0 Å². The van der Waals surface area contributed by atoms with Crippen molar-refractivity contribution in [3.05, 3.63) is 176 Å². The van der Waals surface area contributed by atoms with Gasteiger partial charge in [-0.15, -0.1) is 10.2 Å². The minimum Gasteiger partial charge on any atom is -0.264 e. The molecule has 0 fully saturated rings. The third-order valence-corrected chi connectivity index (χ3v) is 9.79. The third-order valence-electron chi connectivity index (χ3n) is 9.79. The van der Waals surface area contributed by atoms with Crippen LogP contribution in [0, 0.1) is 0 Å². The summed E-state index contributed by atoms with van der Waals surface area (Å²) in [5, 5.41) is 17.4. The van der Waals surface area contributed by atoms with Gasteiger partial charge in [-0.3, -0.25) is 9.97 Å².